The molecule has 0 radical (unpaired) electrons. The third-order valence-corrected chi connectivity index (χ3v) is 4.21. The molecule has 0 aromatic heterocycles. The fraction of sp³-hybridized carbons (Fsp3) is 0.357. The predicted molar refractivity (Wildman–Crippen MR) is 79.7 cm³/mol. The fourth-order valence-corrected chi connectivity index (χ4v) is 1.90. The molecule has 0 unspecified atom stereocenters. The molecule has 2 N–H and O–H groups in total. The van der Waals surface area contributed by atoms with Crippen molar-refractivity contribution in [3.05, 3.63) is 29.8 Å². The third kappa shape index (κ3) is 5.43. The number of anilines is 1. The molecule has 0 bridgehead atoms. The Hall–Kier alpha value is -1.84. The number of hydrogen-bond acceptors (Lipinski definition) is 3. The summed E-state index contributed by atoms with van der Waals surface area (Å²) in [6, 6.07) is 7.00. The Kier molecular flexibility index (Phi) is 5.74. The number of benzene rings is 1. The molecule has 1 aromatic carbocycles. The number of amides is 1. The molecule has 0 fully saturated rings. The lowest BCUT2D eigenvalue weighted by Gasteiger charge is -2.05. The van der Waals surface area contributed by atoms with Crippen LogP contribution in [0.5, 0.6) is 0 Å². The predicted octanol–water partition coefficient (Wildman–Crippen LogP) is 1.32. The van der Waals surface area contributed by atoms with Crippen molar-refractivity contribution in [2.24, 2.45) is 0 Å². The lowest BCUT2D eigenvalue weighted by Crippen LogP contribution is -2.30. The molecule has 0 atom stereocenters. The molecule has 0 aliphatic rings. The van der Waals surface area contributed by atoms with Crippen LogP contribution in [-0.2, 0) is 14.8 Å². The Balaban J connectivity index is 2.58. The van der Waals surface area contributed by atoms with Crippen LogP contribution < -0.4 is 10.0 Å². The van der Waals surface area contributed by atoms with Crippen LogP contribution in [0.1, 0.15) is 26.3 Å². The van der Waals surface area contributed by atoms with Crippen molar-refractivity contribution >= 4 is 21.6 Å². The van der Waals surface area contributed by atoms with Crippen molar-refractivity contribution < 1.29 is 13.2 Å². The van der Waals surface area contributed by atoms with Gasteiger partial charge >= 0.3 is 0 Å². The second-order valence-electron chi connectivity index (χ2n) is 4.48. The van der Waals surface area contributed by atoms with Crippen molar-refractivity contribution in [1.82, 2.24) is 4.72 Å². The minimum absolute atomic E-state index is 0.0773. The van der Waals surface area contributed by atoms with E-state index in [1.807, 2.05) is 0 Å². The Morgan fingerprint density at radius 2 is 1.85 bits per heavy atom. The van der Waals surface area contributed by atoms with E-state index in [0.29, 0.717) is 5.69 Å². The molecule has 20 heavy (non-hydrogen) atoms. The van der Waals surface area contributed by atoms with E-state index in [1.165, 1.54) is 6.92 Å². The molecule has 1 rings (SSSR count). The van der Waals surface area contributed by atoms with E-state index in [9.17, 15) is 13.2 Å². The summed E-state index contributed by atoms with van der Waals surface area (Å²) in [6.07, 6.45) is 0. The van der Waals surface area contributed by atoms with Crippen molar-refractivity contribution in [3.8, 4) is 11.8 Å². The average Bonchev–Trinajstić information content (AvgIpc) is 2.35. The molecule has 0 saturated carbocycles. The fourth-order valence-electron chi connectivity index (χ4n) is 1.29. The molecule has 6 heteroatoms. The minimum Gasteiger partial charge on any atom is -0.326 e. The van der Waals surface area contributed by atoms with E-state index in [4.69, 9.17) is 0 Å². The largest absolute Gasteiger partial charge is 0.326 e. The first-order valence-electron chi connectivity index (χ1n) is 6.16. The van der Waals surface area contributed by atoms with Crippen LogP contribution in [0.3, 0.4) is 0 Å². The summed E-state index contributed by atoms with van der Waals surface area (Å²) in [6.45, 7) is 4.73. The van der Waals surface area contributed by atoms with E-state index in [2.05, 4.69) is 21.9 Å². The SMILES string of the molecule is CC(=O)Nc1ccc(C#CCNS(=O)(=O)C(C)C)cc1. The Labute approximate surface area is 119 Å². The molecular weight excluding hydrogens is 276 g/mol. The zero-order valence-electron chi connectivity index (χ0n) is 11.7. The van der Waals surface area contributed by atoms with Crippen LogP contribution in [-0.4, -0.2) is 26.1 Å². The lowest BCUT2D eigenvalue weighted by atomic mass is 10.2. The molecule has 1 amide bonds. The van der Waals surface area contributed by atoms with Gasteiger partial charge in [-0.05, 0) is 38.1 Å². The average molecular weight is 294 g/mol. The summed E-state index contributed by atoms with van der Waals surface area (Å²) in [7, 11) is -3.27. The second kappa shape index (κ2) is 7.08. The molecule has 0 aliphatic carbocycles. The number of sulfonamides is 1. The van der Waals surface area contributed by atoms with Crippen LogP contribution in [0.15, 0.2) is 24.3 Å². The topological polar surface area (TPSA) is 75.3 Å². The number of hydrogen-bond donors (Lipinski definition) is 2. The van der Waals surface area contributed by atoms with Crippen LogP contribution >= 0.6 is 0 Å². The highest BCUT2D eigenvalue weighted by Gasteiger charge is 2.13. The molecule has 5 nitrogen and oxygen atoms in total. The van der Waals surface area contributed by atoms with Gasteiger partial charge in [-0.3, -0.25) is 4.79 Å². The monoisotopic (exact) mass is 294 g/mol. The summed E-state index contributed by atoms with van der Waals surface area (Å²) >= 11 is 0. The van der Waals surface area contributed by atoms with Crippen LogP contribution in [0.4, 0.5) is 5.69 Å². The van der Waals surface area contributed by atoms with Gasteiger partial charge in [-0.25, -0.2) is 13.1 Å². The molecule has 0 heterocycles. The Bertz CT molecular complexity index is 623. The van der Waals surface area contributed by atoms with E-state index in [0.717, 1.165) is 5.56 Å². The molecular formula is C14H18N2O3S. The lowest BCUT2D eigenvalue weighted by molar-refractivity contribution is -0.114. The zero-order valence-corrected chi connectivity index (χ0v) is 12.5. The van der Waals surface area contributed by atoms with Crippen molar-refractivity contribution in [3.63, 3.8) is 0 Å². The second-order valence-corrected chi connectivity index (χ2v) is 6.80. The highest BCUT2D eigenvalue weighted by Crippen LogP contribution is 2.08. The van der Waals surface area contributed by atoms with Crippen molar-refractivity contribution in [2.45, 2.75) is 26.0 Å². The number of carbonyl (C=O) groups is 1. The van der Waals surface area contributed by atoms with Crippen LogP contribution in [0.2, 0.25) is 0 Å². The first kappa shape index (κ1) is 16.2. The van der Waals surface area contributed by atoms with Gasteiger partial charge in [-0.2, -0.15) is 0 Å². The minimum atomic E-state index is -3.27. The third-order valence-electron chi connectivity index (χ3n) is 2.42. The smallest absolute Gasteiger partial charge is 0.221 e. The standard InChI is InChI=1S/C14H18N2O3S/c1-11(2)20(18,19)15-10-4-5-13-6-8-14(9-7-13)16-12(3)17/h6-9,11,15H,10H2,1-3H3,(H,16,17). The van der Waals surface area contributed by atoms with Gasteiger partial charge < -0.3 is 5.32 Å². The normalized spacial score (nSPS) is 10.8. The van der Waals surface area contributed by atoms with Crippen molar-refractivity contribution in [2.75, 3.05) is 11.9 Å². The molecule has 0 spiro atoms. The maximum Gasteiger partial charge on any atom is 0.221 e. The molecule has 0 saturated heterocycles. The summed E-state index contributed by atoms with van der Waals surface area (Å²) in [5, 5.41) is 2.18. The van der Waals surface area contributed by atoms with Gasteiger partial charge in [0.15, 0.2) is 0 Å². The summed E-state index contributed by atoms with van der Waals surface area (Å²) in [5.74, 6) is 5.46. The van der Waals surface area contributed by atoms with E-state index < -0.39 is 15.3 Å². The van der Waals surface area contributed by atoms with Crippen LogP contribution in [0, 0.1) is 11.8 Å². The first-order valence-corrected chi connectivity index (χ1v) is 7.71. The van der Waals surface area contributed by atoms with E-state index in [1.54, 1.807) is 38.1 Å². The highest BCUT2D eigenvalue weighted by molar-refractivity contribution is 7.90. The molecule has 1 aromatic rings. The maximum absolute atomic E-state index is 11.5. The van der Waals surface area contributed by atoms with Gasteiger partial charge in [0.2, 0.25) is 15.9 Å². The van der Waals surface area contributed by atoms with Gasteiger partial charge in [-0.1, -0.05) is 11.8 Å². The molecule has 0 aliphatic heterocycles. The van der Waals surface area contributed by atoms with E-state index in [-0.39, 0.29) is 12.5 Å². The summed E-state index contributed by atoms with van der Waals surface area (Å²) < 4.78 is 25.3. The number of rotatable bonds is 4. The van der Waals surface area contributed by atoms with Crippen LogP contribution in [0.25, 0.3) is 0 Å². The van der Waals surface area contributed by atoms with Gasteiger partial charge in [0.25, 0.3) is 0 Å². The summed E-state index contributed by atoms with van der Waals surface area (Å²) in [4.78, 5) is 10.9. The van der Waals surface area contributed by atoms with Gasteiger partial charge in [0.1, 0.15) is 0 Å². The Morgan fingerprint density at radius 1 is 1.25 bits per heavy atom. The van der Waals surface area contributed by atoms with Gasteiger partial charge in [0.05, 0.1) is 11.8 Å². The summed E-state index contributed by atoms with van der Waals surface area (Å²) in [5.41, 5.74) is 1.45. The number of nitrogens with one attached hydrogen (secondary N) is 2. The first-order chi connectivity index (χ1) is 9.31. The van der Waals surface area contributed by atoms with Crippen molar-refractivity contribution in [1.29, 1.82) is 0 Å². The molecule has 108 valence electrons. The Morgan fingerprint density at radius 3 is 2.35 bits per heavy atom. The van der Waals surface area contributed by atoms with E-state index >= 15 is 0 Å². The quantitative estimate of drug-likeness (QED) is 0.823. The van der Waals surface area contributed by atoms with Gasteiger partial charge in [-0.15, -0.1) is 0 Å². The maximum atomic E-state index is 11.5. The van der Waals surface area contributed by atoms with Gasteiger partial charge in [0, 0.05) is 18.2 Å². The number of carbonyl (C=O) groups excluding carboxylic acids is 1. The zero-order chi connectivity index (χ0) is 15.2. The highest BCUT2D eigenvalue weighted by atomic mass is 32.2.